The molecule has 1 aliphatic heterocycles. The van der Waals surface area contributed by atoms with Crippen molar-refractivity contribution >= 4 is 35.6 Å². The quantitative estimate of drug-likeness (QED) is 0.438. The molecule has 6 heteroatoms. The zero-order chi connectivity index (χ0) is 15.4. The third-order valence-electron chi connectivity index (χ3n) is 4.68. The van der Waals surface area contributed by atoms with E-state index >= 15 is 0 Å². The van der Waals surface area contributed by atoms with Gasteiger partial charge in [-0.15, -0.1) is 24.0 Å². The number of piperidine rings is 1. The molecule has 128 valence electrons. The maximum absolute atomic E-state index is 6.00. The molecule has 1 aliphatic carbocycles. The Bertz CT molecular complexity index is 508. The molecule has 0 radical (unpaired) electrons. The lowest BCUT2D eigenvalue weighted by molar-refractivity contribution is 0.0912. The van der Waals surface area contributed by atoms with Crippen molar-refractivity contribution in [1.82, 2.24) is 4.90 Å². The van der Waals surface area contributed by atoms with E-state index in [9.17, 15) is 0 Å². The van der Waals surface area contributed by atoms with E-state index in [1.54, 1.807) is 7.11 Å². The first-order chi connectivity index (χ1) is 10.7. The van der Waals surface area contributed by atoms with E-state index in [0.29, 0.717) is 12.0 Å². The average molecular weight is 430 g/mol. The number of guanidine groups is 1. The van der Waals surface area contributed by atoms with Crippen molar-refractivity contribution in [2.75, 3.05) is 25.5 Å². The standard InChI is InChI=1S/C17H26N4O.HI/c1-22-16-7-5-13(6-8-16)19-17(18)20-14-11-15(12-14)21-9-3-2-4-10-21;/h5-8,14-15H,2-4,9-12H2,1H3,(H3,18,19,20);1H. The van der Waals surface area contributed by atoms with Gasteiger partial charge in [-0.05, 0) is 63.0 Å². The van der Waals surface area contributed by atoms with E-state index in [-0.39, 0.29) is 24.0 Å². The fraction of sp³-hybridized carbons (Fsp3) is 0.588. The molecule has 1 heterocycles. The number of hydrogen-bond donors (Lipinski definition) is 2. The molecule has 2 fully saturated rings. The molecule has 1 saturated heterocycles. The number of halogens is 1. The number of nitrogens with zero attached hydrogens (tertiary/aromatic N) is 2. The molecule has 1 saturated carbocycles. The molecule has 0 unspecified atom stereocenters. The predicted molar refractivity (Wildman–Crippen MR) is 106 cm³/mol. The van der Waals surface area contributed by atoms with E-state index in [1.807, 2.05) is 24.3 Å². The molecule has 5 nitrogen and oxygen atoms in total. The lowest BCUT2D eigenvalue weighted by Gasteiger charge is -2.43. The summed E-state index contributed by atoms with van der Waals surface area (Å²) in [6.45, 7) is 2.53. The normalized spacial score (nSPS) is 25.2. The van der Waals surface area contributed by atoms with Crippen LogP contribution in [0.5, 0.6) is 5.75 Å². The Labute approximate surface area is 155 Å². The van der Waals surface area contributed by atoms with E-state index in [4.69, 9.17) is 10.5 Å². The molecular formula is C17H27IN4O. The minimum Gasteiger partial charge on any atom is -0.497 e. The summed E-state index contributed by atoms with van der Waals surface area (Å²) in [4.78, 5) is 7.22. The first-order valence-corrected chi connectivity index (χ1v) is 8.23. The smallest absolute Gasteiger partial charge is 0.193 e. The number of rotatable bonds is 4. The third kappa shape index (κ3) is 4.97. The maximum atomic E-state index is 6.00. The summed E-state index contributed by atoms with van der Waals surface area (Å²) in [5.41, 5.74) is 6.94. The molecule has 0 amide bonds. The van der Waals surface area contributed by atoms with Gasteiger partial charge in [-0.3, -0.25) is 0 Å². The topological polar surface area (TPSA) is 62.9 Å². The number of likely N-dealkylation sites (tertiary alicyclic amines) is 1. The summed E-state index contributed by atoms with van der Waals surface area (Å²) >= 11 is 0. The molecular weight excluding hydrogens is 403 g/mol. The summed E-state index contributed by atoms with van der Waals surface area (Å²) in [6.07, 6.45) is 6.39. The fourth-order valence-electron chi connectivity index (χ4n) is 3.30. The van der Waals surface area contributed by atoms with Crippen molar-refractivity contribution in [2.24, 2.45) is 10.7 Å². The second kappa shape index (κ2) is 8.73. The Hall–Kier alpha value is -1.02. The summed E-state index contributed by atoms with van der Waals surface area (Å²) in [5.74, 6) is 1.34. The summed E-state index contributed by atoms with van der Waals surface area (Å²) in [6, 6.07) is 8.80. The summed E-state index contributed by atoms with van der Waals surface area (Å²) in [7, 11) is 1.66. The van der Waals surface area contributed by atoms with Gasteiger partial charge in [0.15, 0.2) is 5.96 Å². The molecule has 0 aromatic heterocycles. The SMILES string of the molecule is COc1ccc(NC(N)=NC2CC(N3CCCCC3)C2)cc1.I. The van der Waals surface area contributed by atoms with Crippen LogP contribution in [0.1, 0.15) is 32.1 Å². The predicted octanol–water partition coefficient (Wildman–Crippen LogP) is 3.06. The number of aliphatic imine (C=N–C) groups is 1. The minimum absolute atomic E-state index is 0. The Balaban J connectivity index is 0.00000192. The van der Waals surface area contributed by atoms with Gasteiger partial charge in [-0.25, -0.2) is 4.99 Å². The first kappa shape index (κ1) is 18.3. The van der Waals surface area contributed by atoms with Gasteiger partial charge in [0.2, 0.25) is 0 Å². The van der Waals surface area contributed by atoms with Crippen molar-refractivity contribution in [3.8, 4) is 5.75 Å². The minimum atomic E-state index is 0. The van der Waals surface area contributed by atoms with E-state index in [1.165, 1.54) is 32.4 Å². The summed E-state index contributed by atoms with van der Waals surface area (Å²) in [5, 5.41) is 3.15. The van der Waals surface area contributed by atoms with Crippen LogP contribution in [0.2, 0.25) is 0 Å². The van der Waals surface area contributed by atoms with Gasteiger partial charge in [-0.2, -0.15) is 0 Å². The van der Waals surface area contributed by atoms with Crippen LogP contribution in [0.3, 0.4) is 0 Å². The Kier molecular flexibility index (Phi) is 6.95. The monoisotopic (exact) mass is 430 g/mol. The summed E-state index contributed by atoms with van der Waals surface area (Å²) < 4.78 is 5.14. The average Bonchev–Trinajstić information content (AvgIpc) is 2.52. The van der Waals surface area contributed by atoms with Crippen LogP contribution in [0, 0.1) is 0 Å². The number of nitrogens with two attached hydrogens (primary N) is 1. The van der Waals surface area contributed by atoms with Crippen molar-refractivity contribution in [3.05, 3.63) is 24.3 Å². The Morgan fingerprint density at radius 2 is 1.83 bits per heavy atom. The Morgan fingerprint density at radius 1 is 1.17 bits per heavy atom. The van der Waals surface area contributed by atoms with Crippen LogP contribution in [-0.4, -0.2) is 43.1 Å². The number of methoxy groups -OCH3 is 1. The zero-order valence-electron chi connectivity index (χ0n) is 13.7. The van der Waals surface area contributed by atoms with Crippen molar-refractivity contribution in [2.45, 2.75) is 44.2 Å². The number of anilines is 1. The number of nitrogens with one attached hydrogen (secondary N) is 1. The van der Waals surface area contributed by atoms with E-state index < -0.39 is 0 Å². The molecule has 3 rings (SSSR count). The number of benzene rings is 1. The highest BCUT2D eigenvalue weighted by Gasteiger charge is 2.33. The van der Waals surface area contributed by atoms with Crippen LogP contribution < -0.4 is 15.8 Å². The van der Waals surface area contributed by atoms with Crippen LogP contribution in [0.15, 0.2) is 29.3 Å². The van der Waals surface area contributed by atoms with Crippen LogP contribution in [-0.2, 0) is 0 Å². The molecule has 1 aromatic rings. The highest BCUT2D eigenvalue weighted by molar-refractivity contribution is 14.0. The molecule has 2 aliphatic rings. The van der Waals surface area contributed by atoms with Gasteiger partial charge >= 0.3 is 0 Å². The van der Waals surface area contributed by atoms with E-state index in [0.717, 1.165) is 30.3 Å². The van der Waals surface area contributed by atoms with Crippen molar-refractivity contribution < 1.29 is 4.74 Å². The molecule has 23 heavy (non-hydrogen) atoms. The van der Waals surface area contributed by atoms with Gasteiger partial charge in [0.25, 0.3) is 0 Å². The second-order valence-corrected chi connectivity index (χ2v) is 6.24. The Morgan fingerprint density at radius 3 is 2.43 bits per heavy atom. The van der Waals surface area contributed by atoms with Crippen LogP contribution >= 0.6 is 24.0 Å². The largest absolute Gasteiger partial charge is 0.497 e. The van der Waals surface area contributed by atoms with E-state index in [2.05, 4.69) is 15.2 Å². The highest BCUT2D eigenvalue weighted by atomic mass is 127. The second-order valence-electron chi connectivity index (χ2n) is 6.24. The van der Waals surface area contributed by atoms with Crippen molar-refractivity contribution in [1.29, 1.82) is 0 Å². The number of ether oxygens (including phenoxy) is 1. The first-order valence-electron chi connectivity index (χ1n) is 8.23. The zero-order valence-corrected chi connectivity index (χ0v) is 16.0. The van der Waals surface area contributed by atoms with Gasteiger partial charge in [0.05, 0.1) is 13.2 Å². The van der Waals surface area contributed by atoms with Gasteiger partial charge in [-0.1, -0.05) is 6.42 Å². The van der Waals surface area contributed by atoms with Crippen LogP contribution in [0.25, 0.3) is 0 Å². The molecule has 3 N–H and O–H groups in total. The molecule has 0 atom stereocenters. The molecule has 0 bridgehead atoms. The lowest BCUT2D eigenvalue weighted by atomic mass is 9.85. The molecule has 0 spiro atoms. The highest BCUT2D eigenvalue weighted by Crippen LogP contribution is 2.30. The number of hydrogen-bond acceptors (Lipinski definition) is 3. The lowest BCUT2D eigenvalue weighted by Crippen LogP contribution is -2.49. The van der Waals surface area contributed by atoms with Crippen LogP contribution in [0.4, 0.5) is 5.69 Å². The maximum Gasteiger partial charge on any atom is 0.193 e. The van der Waals surface area contributed by atoms with Crippen molar-refractivity contribution in [3.63, 3.8) is 0 Å². The van der Waals surface area contributed by atoms with Gasteiger partial charge in [0.1, 0.15) is 5.75 Å². The van der Waals surface area contributed by atoms with Gasteiger partial charge in [0, 0.05) is 11.7 Å². The molecule has 1 aromatic carbocycles. The third-order valence-corrected chi connectivity index (χ3v) is 4.68. The van der Waals surface area contributed by atoms with Gasteiger partial charge < -0.3 is 20.7 Å². The fourth-order valence-corrected chi connectivity index (χ4v) is 3.30.